The van der Waals surface area contributed by atoms with Gasteiger partial charge in [0.15, 0.2) is 11.6 Å². The molecule has 2 aromatic rings. The fourth-order valence-corrected chi connectivity index (χ4v) is 3.96. The lowest BCUT2D eigenvalue weighted by molar-refractivity contribution is -0.145. The molecule has 1 saturated carbocycles. The summed E-state index contributed by atoms with van der Waals surface area (Å²) in [6.07, 6.45) is -1.44. The number of hydrogen-bond acceptors (Lipinski definition) is 8. The highest BCUT2D eigenvalue weighted by Crippen LogP contribution is 2.35. The van der Waals surface area contributed by atoms with E-state index in [0.717, 1.165) is 12.4 Å². The number of carbonyl (C=O) groups is 1. The minimum atomic E-state index is -4.58. The smallest absolute Gasteiger partial charge is 0.451 e. The summed E-state index contributed by atoms with van der Waals surface area (Å²) in [5.74, 6) is 0.144. The summed E-state index contributed by atoms with van der Waals surface area (Å²) >= 11 is 0. The third-order valence-corrected chi connectivity index (χ3v) is 5.58. The number of halogens is 3. The summed E-state index contributed by atoms with van der Waals surface area (Å²) in [7, 11) is 1.85. The second-order valence-corrected chi connectivity index (χ2v) is 8.41. The van der Waals surface area contributed by atoms with Crippen LogP contribution in [0.2, 0.25) is 0 Å². The number of likely N-dealkylation sites (N-methyl/N-ethyl adjacent to an activating group) is 1. The number of hydrogen-bond donors (Lipinski definition) is 2. The van der Waals surface area contributed by atoms with Gasteiger partial charge in [0.2, 0.25) is 17.7 Å². The van der Waals surface area contributed by atoms with Crippen molar-refractivity contribution < 1.29 is 22.7 Å². The Kier molecular flexibility index (Phi) is 5.55. The monoisotopic (exact) mass is 451 g/mol. The summed E-state index contributed by atoms with van der Waals surface area (Å²) in [5, 5.41) is 6.18. The molecule has 2 aliphatic rings. The fourth-order valence-electron chi connectivity index (χ4n) is 3.96. The number of aryl methyl sites for hydroxylation is 1. The number of carbonyl (C=O) groups excluding carboxylic acids is 1. The summed E-state index contributed by atoms with van der Waals surface area (Å²) in [6.45, 7) is 5.77. The van der Waals surface area contributed by atoms with Gasteiger partial charge >= 0.3 is 6.18 Å². The highest BCUT2D eigenvalue weighted by Gasteiger charge is 2.37. The average Bonchev–Trinajstić information content (AvgIpc) is 2.67. The molecule has 1 fully saturated rings. The van der Waals surface area contributed by atoms with Crippen LogP contribution in [0.15, 0.2) is 12.4 Å². The molecule has 1 unspecified atom stereocenters. The Morgan fingerprint density at radius 3 is 2.47 bits per heavy atom. The lowest BCUT2D eigenvalue weighted by Gasteiger charge is -2.38. The maximum Gasteiger partial charge on any atom is 0.451 e. The molecule has 0 saturated heterocycles. The first-order valence-corrected chi connectivity index (χ1v) is 10.3. The zero-order valence-corrected chi connectivity index (χ0v) is 18.1. The van der Waals surface area contributed by atoms with Gasteiger partial charge in [-0.2, -0.15) is 18.2 Å². The van der Waals surface area contributed by atoms with Gasteiger partial charge in [-0.25, -0.2) is 15.0 Å². The number of alkyl halides is 3. The summed E-state index contributed by atoms with van der Waals surface area (Å²) in [5.41, 5.74) is 1.27. The van der Waals surface area contributed by atoms with Crippen LogP contribution in [0.4, 0.5) is 30.6 Å². The molecule has 172 valence electrons. The molecule has 9 nitrogen and oxygen atoms in total. The van der Waals surface area contributed by atoms with Crippen LogP contribution in [-0.4, -0.2) is 51.1 Å². The molecule has 32 heavy (non-hydrogen) atoms. The molecule has 0 aromatic carbocycles. The van der Waals surface area contributed by atoms with E-state index in [0.29, 0.717) is 36.0 Å². The number of nitrogens with one attached hydrogen (secondary N) is 2. The molecule has 12 heteroatoms. The van der Waals surface area contributed by atoms with Gasteiger partial charge in [0, 0.05) is 25.9 Å². The van der Waals surface area contributed by atoms with Crippen LogP contribution >= 0.6 is 0 Å². The quantitative estimate of drug-likeness (QED) is 0.715. The molecule has 1 aliphatic heterocycles. The second kappa shape index (κ2) is 8.06. The zero-order chi connectivity index (χ0) is 23.2. The van der Waals surface area contributed by atoms with Crippen LogP contribution in [0.3, 0.4) is 0 Å². The van der Waals surface area contributed by atoms with E-state index < -0.39 is 12.0 Å². The Balaban J connectivity index is 1.37. The Hall–Kier alpha value is -3.18. The van der Waals surface area contributed by atoms with E-state index in [1.165, 1.54) is 0 Å². The largest absolute Gasteiger partial charge is 0.487 e. The van der Waals surface area contributed by atoms with Crippen molar-refractivity contribution >= 4 is 23.4 Å². The van der Waals surface area contributed by atoms with Gasteiger partial charge in [-0.1, -0.05) is 13.8 Å². The van der Waals surface area contributed by atoms with Gasteiger partial charge in [0.05, 0.1) is 18.1 Å². The van der Waals surface area contributed by atoms with Crippen molar-refractivity contribution in [3.63, 3.8) is 0 Å². The van der Waals surface area contributed by atoms with Gasteiger partial charge < -0.3 is 20.3 Å². The third kappa shape index (κ3) is 4.26. The predicted octanol–water partition coefficient (Wildman–Crippen LogP) is 3.03. The second-order valence-electron chi connectivity index (χ2n) is 8.41. The zero-order valence-electron chi connectivity index (χ0n) is 18.1. The van der Waals surface area contributed by atoms with Crippen molar-refractivity contribution in [3.8, 4) is 5.75 Å². The van der Waals surface area contributed by atoms with Crippen molar-refractivity contribution in [2.24, 2.45) is 5.92 Å². The number of ether oxygens (including phenoxy) is 1. The van der Waals surface area contributed by atoms with E-state index >= 15 is 0 Å². The molecular formula is C20H24F3N7O2. The summed E-state index contributed by atoms with van der Waals surface area (Å²) < 4.78 is 43.3. The van der Waals surface area contributed by atoms with E-state index in [1.807, 2.05) is 32.7 Å². The molecule has 2 N–H and O–H groups in total. The van der Waals surface area contributed by atoms with Crippen LogP contribution in [0.25, 0.3) is 0 Å². The van der Waals surface area contributed by atoms with E-state index in [-0.39, 0.29) is 35.8 Å². The van der Waals surface area contributed by atoms with Gasteiger partial charge in [-0.05, 0) is 12.8 Å². The Labute approximate surface area is 182 Å². The SMILES string of the molecule is Cc1nc(N[C@H]2C[C@H](Oc3cnc(C(F)(F)F)nc3)C2)nc2c1NC(=O)C(C(C)C)N2C. The van der Waals surface area contributed by atoms with Crippen molar-refractivity contribution in [2.75, 3.05) is 22.6 Å². The van der Waals surface area contributed by atoms with Crippen molar-refractivity contribution in [2.45, 2.75) is 58.0 Å². The molecule has 2 aromatic heterocycles. The van der Waals surface area contributed by atoms with Crippen LogP contribution in [0.1, 0.15) is 38.2 Å². The highest BCUT2D eigenvalue weighted by atomic mass is 19.4. The van der Waals surface area contributed by atoms with Crippen LogP contribution in [0, 0.1) is 12.8 Å². The van der Waals surface area contributed by atoms with Crippen LogP contribution < -0.4 is 20.3 Å². The Bertz CT molecular complexity index is 1010. The number of fused-ring (bicyclic) bond motifs is 1. The lowest BCUT2D eigenvalue weighted by atomic mass is 9.89. The van der Waals surface area contributed by atoms with E-state index in [2.05, 4.69) is 30.6 Å². The maximum atomic E-state index is 12.5. The first-order valence-electron chi connectivity index (χ1n) is 10.3. The molecule has 4 rings (SSSR count). The van der Waals surface area contributed by atoms with Crippen LogP contribution in [-0.2, 0) is 11.0 Å². The topological polar surface area (TPSA) is 105 Å². The first-order chi connectivity index (χ1) is 15.0. The number of rotatable bonds is 5. The minimum absolute atomic E-state index is 0.0530. The molecule has 1 aliphatic carbocycles. The van der Waals surface area contributed by atoms with Crippen molar-refractivity contribution in [1.82, 2.24) is 19.9 Å². The normalized spacial score (nSPS) is 22.8. The first kappa shape index (κ1) is 22.0. The number of amides is 1. The molecule has 3 heterocycles. The standard InChI is InChI=1S/C20H24F3N7O2/c1-9(2)15-17(31)28-14-10(3)26-19(29-16(14)30(15)4)27-11-5-12(6-11)32-13-7-24-18(25-8-13)20(21,22)23/h7-9,11-12,15H,5-6H2,1-4H3,(H,28,31)(H,26,27,29)/t11-,12-,15?. The maximum absolute atomic E-state index is 12.5. The fraction of sp³-hybridized carbons (Fsp3) is 0.550. The molecule has 0 radical (unpaired) electrons. The lowest BCUT2D eigenvalue weighted by Crippen LogP contribution is -2.50. The molecular weight excluding hydrogens is 427 g/mol. The molecule has 1 amide bonds. The highest BCUT2D eigenvalue weighted by molar-refractivity contribution is 6.03. The van der Waals surface area contributed by atoms with E-state index in [1.54, 1.807) is 0 Å². The Morgan fingerprint density at radius 2 is 1.88 bits per heavy atom. The van der Waals surface area contributed by atoms with Gasteiger partial charge in [0.1, 0.15) is 17.8 Å². The van der Waals surface area contributed by atoms with Crippen molar-refractivity contribution in [1.29, 1.82) is 0 Å². The number of anilines is 3. The average molecular weight is 451 g/mol. The molecule has 1 atom stereocenters. The van der Waals surface area contributed by atoms with E-state index in [9.17, 15) is 18.0 Å². The number of nitrogens with zero attached hydrogens (tertiary/aromatic N) is 5. The third-order valence-electron chi connectivity index (χ3n) is 5.58. The van der Waals surface area contributed by atoms with E-state index in [4.69, 9.17) is 4.74 Å². The van der Waals surface area contributed by atoms with Crippen molar-refractivity contribution in [3.05, 3.63) is 23.9 Å². The number of aromatic nitrogens is 4. The Morgan fingerprint density at radius 1 is 1.22 bits per heavy atom. The minimum Gasteiger partial charge on any atom is -0.487 e. The van der Waals surface area contributed by atoms with Gasteiger partial charge in [-0.15, -0.1) is 0 Å². The molecule has 0 bridgehead atoms. The summed E-state index contributed by atoms with van der Waals surface area (Å²) in [4.78, 5) is 30.0. The van der Waals surface area contributed by atoms with Gasteiger partial charge in [-0.3, -0.25) is 4.79 Å². The summed E-state index contributed by atoms with van der Waals surface area (Å²) in [6, 6.07) is -0.269. The predicted molar refractivity (Wildman–Crippen MR) is 111 cm³/mol. The van der Waals surface area contributed by atoms with Gasteiger partial charge in [0.25, 0.3) is 0 Å². The molecule has 0 spiro atoms. The van der Waals surface area contributed by atoms with Crippen LogP contribution in [0.5, 0.6) is 5.75 Å².